The van der Waals surface area contributed by atoms with Gasteiger partial charge in [-0.1, -0.05) is 23.2 Å². The van der Waals surface area contributed by atoms with Crippen LogP contribution in [0, 0.1) is 0 Å². The van der Waals surface area contributed by atoms with Gasteiger partial charge in [-0.25, -0.2) is 0 Å². The molecule has 3 nitrogen and oxygen atoms in total. The van der Waals surface area contributed by atoms with E-state index in [1.54, 1.807) is 30.5 Å². The number of hydrogen-bond acceptors (Lipinski definition) is 2. The first-order valence-corrected chi connectivity index (χ1v) is 5.65. The second-order valence-corrected chi connectivity index (χ2v) is 4.37. The van der Waals surface area contributed by atoms with E-state index in [0.29, 0.717) is 26.7 Å². The summed E-state index contributed by atoms with van der Waals surface area (Å²) in [5, 5.41) is 10.1. The molecule has 0 saturated carbocycles. The lowest BCUT2D eigenvalue weighted by Gasteiger charge is -2.06. The molecule has 0 atom stereocenters. The van der Waals surface area contributed by atoms with Gasteiger partial charge >= 0.3 is 0 Å². The Balaban J connectivity index is 2.60. The van der Waals surface area contributed by atoms with E-state index < -0.39 is 0 Å². The van der Waals surface area contributed by atoms with Crippen molar-refractivity contribution in [1.82, 2.24) is 4.98 Å². The van der Waals surface area contributed by atoms with Crippen molar-refractivity contribution >= 4 is 23.2 Å². The smallest absolute Gasteiger partial charge is 0.253 e. The quantitative estimate of drug-likeness (QED) is 0.881. The first-order chi connectivity index (χ1) is 8.11. The third-order valence-electron chi connectivity index (χ3n) is 2.39. The van der Waals surface area contributed by atoms with Gasteiger partial charge in [0.05, 0.1) is 6.61 Å². The second-order valence-electron chi connectivity index (χ2n) is 3.52. The van der Waals surface area contributed by atoms with E-state index in [-0.39, 0.29) is 12.2 Å². The molecule has 5 heteroatoms. The molecule has 0 fully saturated rings. The van der Waals surface area contributed by atoms with Gasteiger partial charge in [0.15, 0.2) is 0 Å². The Labute approximate surface area is 108 Å². The number of H-pyrrole nitrogens is 1. The van der Waals surface area contributed by atoms with E-state index >= 15 is 0 Å². The number of rotatable bonds is 2. The SMILES string of the molecule is O=c1[nH]cc(-c2cc(Cl)ccc2Cl)cc1CO. The van der Waals surface area contributed by atoms with Crippen LogP contribution in [0.4, 0.5) is 0 Å². The van der Waals surface area contributed by atoms with Gasteiger partial charge < -0.3 is 10.1 Å². The van der Waals surface area contributed by atoms with Crippen molar-refractivity contribution in [3.05, 3.63) is 56.4 Å². The molecule has 2 N–H and O–H groups in total. The average molecular weight is 270 g/mol. The number of benzene rings is 1. The fourth-order valence-corrected chi connectivity index (χ4v) is 1.92. The molecule has 2 rings (SSSR count). The van der Waals surface area contributed by atoms with Crippen molar-refractivity contribution in [3.8, 4) is 11.1 Å². The lowest BCUT2D eigenvalue weighted by molar-refractivity contribution is 0.280. The highest BCUT2D eigenvalue weighted by Gasteiger charge is 2.07. The number of halogens is 2. The monoisotopic (exact) mass is 269 g/mol. The highest BCUT2D eigenvalue weighted by atomic mass is 35.5. The highest BCUT2D eigenvalue weighted by Crippen LogP contribution is 2.29. The maximum Gasteiger partial charge on any atom is 0.253 e. The fraction of sp³-hybridized carbons (Fsp3) is 0.0833. The zero-order chi connectivity index (χ0) is 12.4. The van der Waals surface area contributed by atoms with Gasteiger partial charge in [-0.15, -0.1) is 0 Å². The van der Waals surface area contributed by atoms with Crippen LogP contribution in [0.25, 0.3) is 11.1 Å². The minimum absolute atomic E-state index is 0.290. The van der Waals surface area contributed by atoms with Crippen LogP contribution < -0.4 is 5.56 Å². The number of aromatic nitrogens is 1. The standard InChI is InChI=1S/C12H9Cl2NO2/c13-9-1-2-11(14)10(4-9)7-3-8(6-16)12(17)15-5-7/h1-5,16H,6H2,(H,15,17). The maximum absolute atomic E-state index is 11.3. The van der Waals surface area contributed by atoms with Crippen LogP contribution in [0.2, 0.25) is 10.0 Å². The summed E-state index contributed by atoms with van der Waals surface area (Å²) in [6.07, 6.45) is 1.54. The molecule has 17 heavy (non-hydrogen) atoms. The number of aromatic amines is 1. The van der Waals surface area contributed by atoms with Crippen LogP contribution >= 0.6 is 23.2 Å². The van der Waals surface area contributed by atoms with Crippen molar-refractivity contribution in [1.29, 1.82) is 0 Å². The van der Waals surface area contributed by atoms with Crippen molar-refractivity contribution in [2.24, 2.45) is 0 Å². The Morgan fingerprint density at radius 1 is 1.24 bits per heavy atom. The lowest BCUT2D eigenvalue weighted by Crippen LogP contribution is -2.11. The summed E-state index contributed by atoms with van der Waals surface area (Å²) in [6, 6.07) is 6.67. The molecule has 1 heterocycles. The van der Waals surface area contributed by atoms with Gasteiger partial charge in [0.1, 0.15) is 0 Å². The highest BCUT2D eigenvalue weighted by molar-refractivity contribution is 6.35. The summed E-state index contributed by atoms with van der Waals surface area (Å²) in [6.45, 7) is -0.318. The summed E-state index contributed by atoms with van der Waals surface area (Å²) in [5.41, 5.74) is 1.40. The summed E-state index contributed by atoms with van der Waals surface area (Å²) < 4.78 is 0. The summed E-state index contributed by atoms with van der Waals surface area (Å²) in [5.74, 6) is 0. The minimum atomic E-state index is -0.318. The van der Waals surface area contributed by atoms with E-state index in [2.05, 4.69) is 4.98 Å². The molecule has 0 saturated heterocycles. The van der Waals surface area contributed by atoms with Crippen LogP contribution in [-0.4, -0.2) is 10.1 Å². The van der Waals surface area contributed by atoms with Crippen molar-refractivity contribution in [2.45, 2.75) is 6.61 Å². The minimum Gasteiger partial charge on any atom is -0.391 e. The average Bonchev–Trinajstić information content (AvgIpc) is 2.33. The third kappa shape index (κ3) is 2.52. The third-order valence-corrected chi connectivity index (χ3v) is 2.95. The van der Waals surface area contributed by atoms with Crippen LogP contribution in [0.1, 0.15) is 5.56 Å². The predicted octanol–water partition coefficient (Wildman–Crippen LogP) is 2.84. The van der Waals surface area contributed by atoms with Crippen molar-refractivity contribution in [2.75, 3.05) is 0 Å². The number of aliphatic hydroxyl groups excluding tert-OH is 1. The Hall–Kier alpha value is -1.29. The Morgan fingerprint density at radius 3 is 2.71 bits per heavy atom. The molecule has 88 valence electrons. The molecule has 0 spiro atoms. The van der Waals surface area contributed by atoms with Gasteiger partial charge in [-0.3, -0.25) is 4.79 Å². The maximum atomic E-state index is 11.3. The Kier molecular flexibility index (Phi) is 3.52. The number of hydrogen-bond donors (Lipinski definition) is 2. The molecule has 0 amide bonds. The molecule has 0 radical (unpaired) electrons. The molecule has 0 bridgehead atoms. The molecule has 1 aromatic heterocycles. The Morgan fingerprint density at radius 2 is 2.00 bits per heavy atom. The molecular formula is C12H9Cl2NO2. The number of aliphatic hydroxyl groups is 1. The van der Waals surface area contributed by atoms with E-state index in [1.807, 2.05) is 0 Å². The largest absolute Gasteiger partial charge is 0.391 e. The molecule has 0 aliphatic carbocycles. The van der Waals surface area contributed by atoms with Crippen LogP contribution in [0.5, 0.6) is 0 Å². The summed E-state index contributed by atoms with van der Waals surface area (Å²) in [7, 11) is 0. The van der Waals surface area contributed by atoms with Crippen LogP contribution in [0.15, 0.2) is 35.3 Å². The predicted molar refractivity (Wildman–Crippen MR) is 68.4 cm³/mol. The first-order valence-electron chi connectivity index (χ1n) is 4.89. The van der Waals surface area contributed by atoms with Crippen molar-refractivity contribution in [3.63, 3.8) is 0 Å². The normalized spacial score (nSPS) is 10.5. The second kappa shape index (κ2) is 4.92. The van der Waals surface area contributed by atoms with Gasteiger partial charge in [0, 0.05) is 27.4 Å². The zero-order valence-corrected chi connectivity index (χ0v) is 10.2. The molecule has 0 unspecified atom stereocenters. The fourth-order valence-electron chi connectivity index (χ4n) is 1.52. The molecule has 2 aromatic rings. The number of pyridine rings is 1. The van der Waals surface area contributed by atoms with Gasteiger partial charge in [0.25, 0.3) is 5.56 Å². The van der Waals surface area contributed by atoms with Gasteiger partial charge in [0.2, 0.25) is 0 Å². The van der Waals surface area contributed by atoms with E-state index in [4.69, 9.17) is 28.3 Å². The molecule has 0 aliphatic heterocycles. The topological polar surface area (TPSA) is 53.1 Å². The molecular weight excluding hydrogens is 261 g/mol. The Bertz CT molecular complexity index is 608. The summed E-state index contributed by atoms with van der Waals surface area (Å²) in [4.78, 5) is 13.9. The van der Waals surface area contributed by atoms with Crippen molar-refractivity contribution < 1.29 is 5.11 Å². The van der Waals surface area contributed by atoms with Gasteiger partial charge in [-0.05, 0) is 29.8 Å². The zero-order valence-electron chi connectivity index (χ0n) is 8.71. The van der Waals surface area contributed by atoms with Gasteiger partial charge in [-0.2, -0.15) is 0 Å². The summed E-state index contributed by atoms with van der Waals surface area (Å²) >= 11 is 11.9. The first kappa shape index (κ1) is 12.2. The molecule has 0 aliphatic rings. The van der Waals surface area contributed by atoms with E-state index in [0.717, 1.165) is 0 Å². The number of nitrogens with one attached hydrogen (secondary N) is 1. The molecule has 1 aromatic carbocycles. The lowest BCUT2D eigenvalue weighted by atomic mass is 10.1. The van der Waals surface area contributed by atoms with Crippen LogP contribution in [0.3, 0.4) is 0 Å². The van der Waals surface area contributed by atoms with Crippen LogP contribution in [-0.2, 0) is 6.61 Å². The van der Waals surface area contributed by atoms with E-state index in [9.17, 15) is 4.79 Å². The van der Waals surface area contributed by atoms with E-state index in [1.165, 1.54) is 0 Å².